The van der Waals surface area contributed by atoms with Crippen molar-refractivity contribution in [2.24, 2.45) is 5.92 Å². The number of nitrogens with zero attached hydrogens (tertiary/aromatic N) is 2. The second kappa shape index (κ2) is 8.60. The third kappa shape index (κ3) is 4.22. The molecular formula is C22H17N3O3. The Balaban J connectivity index is 1.76. The number of allylic oxidation sites excluding steroid dienone is 1. The van der Waals surface area contributed by atoms with E-state index in [-0.39, 0.29) is 0 Å². The third-order valence-corrected chi connectivity index (χ3v) is 4.10. The van der Waals surface area contributed by atoms with Crippen LogP contribution in [0.4, 0.5) is 5.69 Å². The van der Waals surface area contributed by atoms with Crippen LogP contribution in [0.5, 0.6) is 5.75 Å². The summed E-state index contributed by atoms with van der Waals surface area (Å²) in [6, 6.07) is 17.8. The Labute approximate surface area is 162 Å². The lowest BCUT2D eigenvalue weighted by Crippen LogP contribution is -2.27. The zero-order valence-electron chi connectivity index (χ0n) is 15.1. The minimum atomic E-state index is -1.45. The van der Waals surface area contributed by atoms with Crippen molar-refractivity contribution in [1.29, 1.82) is 5.26 Å². The van der Waals surface area contributed by atoms with Gasteiger partial charge in [-0.2, -0.15) is 5.26 Å². The molecule has 1 atom stereocenters. The average molecular weight is 371 g/mol. The lowest BCUT2D eigenvalue weighted by Gasteiger charge is -2.09. The molecule has 3 aromatic rings. The molecule has 0 bridgehead atoms. The number of methoxy groups -OCH3 is 1. The molecule has 0 spiro atoms. The van der Waals surface area contributed by atoms with E-state index < -0.39 is 17.6 Å². The first kappa shape index (κ1) is 18.8. The highest BCUT2D eigenvalue weighted by atomic mass is 16.5. The van der Waals surface area contributed by atoms with Crippen molar-refractivity contribution < 1.29 is 14.3 Å². The molecule has 1 amide bonds. The number of amides is 1. The summed E-state index contributed by atoms with van der Waals surface area (Å²) in [4.78, 5) is 29.1. The summed E-state index contributed by atoms with van der Waals surface area (Å²) in [5.41, 5.74) is 1.92. The van der Waals surface area contributed by atoms with E-state index in [0.717, 1.165) is 16.5 Å². The van der Waals surface area contributed by atoms with Crippen molar-refractivity contribution >= 4 is 34.4 Å². The fourth-order valence-electron chi connectivity index (χ4n) is 2.70. The number of nitrogens with one attached hydrogen (secondary N) is 1. The maximum absolute atomic E-state index is 12.4. The van der Waals surface area contributed by atoms with Gasteiger partial charge in [-0.3, -0.25) is 14.6 Å². The maximum Gasteiger partial charge on any atom is 0.249 e. The summed E-state index contributed by atoms with van der Waals surface area (Å²) in [6.45, 7) is 0. The van der Waals surface area contributed by atoms with E-state index in [1.807, 2.05) is 30.3 Å². The van der Waals surface area contributed by atoms with Crippen LogP contribution in [0.15, 0.2) is 66.9 Å². The highest BCUT2D eigenvalue weighted by Gasteiger charge is 2.24. The summed E-state index contributed by atoms with van der Waals surface area (Å²) < 4.78 is 5.09. The third-order valence-electron chi connectivity index (χ3n) is 4.10. The first-order chi connectivity index (χ1) is 13.6. The molecule has 28 heavy (non-hydrogen) atoms. The number of para-hydroxylation sites is 1. The standard InChI is InChI=1S/C22H17N3O3/c1-28-18-9-3-8-17(13-18)25-22(27)19(14-23)20(26)11-10-16-6-2-5-15-7-4-12-24-21(15)16/h2-13,19H,1H3,(H,25,27)/b11-10+. The molecule has 3 rings (SSSR count). The van der Waals surface area contributed by atoms with Crippen LogP contribution >= 0.6 is 0 Å². The van der Waals surface area contributed by atoms with Crippen molar-refractivity contribution in [2.75, 3.05) is 12.4 Å². The molecule has 0 fully saturated rings. The fourth-order valence-corrected chi connectivity index (χ4v) is 2.70. The topological polar surface area (TPSA) is 92.1 Å². The Morgan fingerprint density at radius 3 is 2.75 bits per heavy atom. The predicted octanol–water partition coefficient (Wildman–Crippen LogP) is 3.60. The quantitative estimate of drug-likeness (QED) is 0.528. The largest absolute Gasteiger partial charge is 0.497 e. The molecule has 0 aliphatic rings. The minimum Gasteiger partial charge on any atom is -0.497 e. The monoisotopic (exact) mass is 371 g/mol. The van der Waals surface area contributed by atoms with Crippen LogP contribution in [0.1, 0.15) is 5.56 Å². The minimum absolute atomic E-state index is 0.444. The van der Waals surface area contributed by atoms with Gasteiger partial charge < -0.3 is 10.1 Å². The molecule has 0 aliphatic carbocycles. The number of carbonyl (C=O) groups excluding carboxylic acids is 2. The van der Waals surface area contributed by atoms with Gasteiger partial charge in [-0.25, -0.2) is 0 Å². The van der Waals surface area contributed by atoms with Gasteiger partial charge in [-0.05, 0) is 30.4 Å². The van der Waals surface area contributed by atoms with E-state index in [2.05, 4.69) is 10.3 Å². The van der Waals surface area contributed by atoms with E-state index in [1.54, 1.807) is 42.6 Å². The molecule has 2 aromatic carbocycles. The summed E-state index contributed by atoms with van der Waals surface area (Å²) in [5, 5.41) is 12.8. The molecule has 0 radical (unpaired) electrons. The number of carbonyl (C=O) groups is 2. The molecular weight excluding hydrogens is 354 g/mol. The number of hydrogen-bond donors (Lipinski definition) is 1. The van der Waals surface area contributed by atoms with Crippen LogP contribution < -0.4 is 10.1 Å². The Bertz CT molecular complexity index is 1090. The summed E-state index contributed by atoms with van der Waals surface area (Å²) in [7, 11) is 1.51. The molecule has 1 unspecified atom stereocenters. The van der Waals surface area contributed by atoms with Gasteiger partial charge in [0.15, 0.2) is 11.7 Å². The van der Waals surface area contributed by atoms with Gasteiger partial charge in [0, 0.05) is 28.9 Å². The second-order valence-electron chi connectivity index (χ2n) is 5.94. The van der Waals surface area contributed by atoms with Crippen molar-refractivity contribution in [3.05, 3.63) is 72.4 Å². The van der Waals surface area contributed by atoms with Gasteiger partial charge in [0.2, 0.25) is 5.91 Å². The summed E-state index contributed by atoms with van der Waals surface area (Å²) in [5.74, 6) is -2.19. The van der Waals surface area contributed by atoms with Crippen molar-refractivity contribution in [3.8, 4) is 11.8 Å². The zero-order valence-corrected chi connectivity index (χ0v) is 15.1. The number of ether oxygens (including phenoxy) is 1. The normalized spacial score (nSPS) is 11.7. The summed E-state index contributed by atoms with van der Waals surface area (Å²) in [6.07, 6.45) is 4.48. The smallest absolute Gasteiger partial charge is 0.249 e. The number of aromatic nitrogens is 1. The van der Waals surface area contributed by atoms with E-state index in [4.69, 9.17) is 4.74 Å². The van der Waals surface area contributed by atoms with Gasteiger partial charge >= 0.3 is 0 Å². The van der Waals surface area contributed by atoms with Crippen LogP contribution in [-0.2, 0) is 9.59 Å². The van der Waals surface area contributed by atoms with Gasteiger partial charge in [-0.1, -0.05) is 30.3 Å². The fraction of sp³-hybridized carbons (Fsp3) is 0.0909. The molecule has 1 aromatic heterocycles. The SMILES string of the molecule is COc1cccc(NC(=O)C(C#N)C(=O)/C=C/c2cccc3cccnc23)c1. The van der Waals surface area contributed by atoms with E-state index in [9.17, 15) is 14.9 Å². The first-order valence-electron chi connectivity index (χ1n) is 8.52. The molecule has 1 N–H and O–H groups in total. The number of pyridine rings is 1. The van der Waals surface area contributed by atoms with Crippen LogP contribution in [0.3, 0.4) is 0 Å². The van der Waals surface area contributed by atoms with Crippen molar-refractivity contribution in [2.45, 2.75) is 0 Å². The Hall–Kier alpha value is -3.98. The molecule has 1 heterocycles. The van der Waals surface area contributed by atoms with E-state index in [0.29, 0.717) is 11.4 Å². The maximum atomic E-state index is 12.4. The molecule has 6 nitrogen and oxygen atoms in total. The van der Waals surface area contributed by atoms with E-state index >= 15 is 0 Å². The first-order valence-corrected chi connectivity index (χ1v) is 8.52. The van der Waals surface area contributed by atoms with E-state index in [1.165, 1.54) is 13.2 Å². The number of fused-ring (bicyclic) bond motifs is 1. The van der Waals surface area contributed by atoms with Gasteiger partial charge in [0.25, 0.3) is 0 Å². The van der Waals surface area contributed by atoms with Crippen LogP contribution in [-0.4, -0.2) is 23.8 Å². The lowest BCUT2D eigenvalue weighted by molar-refractivity contribution is -0.126. The van der Waals surface area contributed by atoms with Crippen LogP contribution in [0, 0.1) is 17.2 Å². The Kier molecular flexibility index (Phi) is 5.78. The van der Waals surface area contributed by atoms with Crippen molar-refractivity contribution in [3.63, 3.8) is 0 Å². The Morgan fingerprint density at radius 2 is 1.96 bits per heavy atom. The Morgan fingerprint density at radius 1 is 1.18 bits per heavy atom. The predicted molar refractivity (Wildman–Crippen MR) is 107 cm³/mol. The van der Waals surface area contributed by atoms with Crippen molar-refractivity contribution in [1.82, 2.24) is 4.98 Å². The number of anilines is 1. The molecule has 0 aliphatic heterocycles. The molecule has 6 heteroatoms. The number of rotatable bonds is 6. The van der Waals surface area contributed by atoms with Gasteiger partial charge in [0.05, 0.1) is 18.7 Å². The summed E-state index contributed by atoms with van der Waals surface area (Å²) >= 11 is 0. The van der Waals surface area contributed by atoms with Gasteiger partial charge in [-0.15, -0.1) is 0 Å². The van der Waals surface area contributed by atoms with Crippen LogP contribution in [0.25, 0.3) is 17.0 Å². The number of benzene rings is 2. The number of nitriles is 1. The lowest BCUT2D eigenvalue weighted by atomic mass is 10.0. The number of hydrogen-bond acceptors (Lipinski definition) is 5. The highest BCUT2D eigenvalue weighted by molar-refractivity contribution is 6.14. The molecule has 0 saturated heterocycles. The van der Waals surface area contributed by atoms with Gasteiger partial charge in [0.1, 0.15) is 5.75 Å². The average Bonchev–Trinajstić information content (AvgIpc) is 2.72. The number of ketones is 1. The van der Waals surface area contributed by atoms with Crippen LogP contribution in [0.2, 0.25) is 0 Å². The highest BCUT2D eigenvalue weighted by Crippen LogP contribution is 2.19. The molecule has 138 valence electrons. The molecule has 0 saturated carbocycles. The second-order valence-corrected chi connectivity index (χ2v) is 5.94. The zero-order chi connectivity index (χ0) is 19.9.